The average Bonchev–Trinajstić information content (AvgIpc) is 3.28. The molecular weight excluding hydrogens is 516 g/mol. The fourth-order valence-corrected chi connectivity index (χ4v) is 4.88. The van der Waals surface area contributed by atoms with Crippen LogP contribution in [0, 0.1) is 5.41 Å². The summed E-state index contributed by atoms with van der Waals surface area (Å²) in [5, 5.41) is 15.9. The minimum absolute atomic E-state index is 0.0310. The van der Waals surface area contributed by atoms with Gasteiger partial charge in [0, 0.05) is 0 Å². The monoisotopic (exact) mass is 542 g/mol. The van der Waals surface area contributed by atoms with Crippen molar-refractivity contribution in [2.45, 2.75) is 26.7 Å². The van der Waals surface area contributed by atoms with Crippen molar-refractivity contribution in [2.75, 3.05) is 26.9 Å². The van der Waals surface area contributed by atoms with Crippen molar-refractivity contribution in [1.29, 1.82) is 5.41 Å². The third kappa shape index (κ3) is 6.08. The Bertz CT molecular complexity index is 1290. The fourth-order valence-electron chi connectivity index (χ4n) is 3.62. The molecule has 2 aliphatic heterocycles. The van der Waals surface area contributed by atoms with Gasteiger partial charge < -0.3 is 18.9 Å². The number of benzene rings is 2. The Morgan fingerprint density at radius 1 is 1.08 bits per heavy atom. The molecule has 37 heavy (non-hydrogen) atoms. The quantitative estimate of drug-likeness (QED) is 0.290. The van der Waals surface area contributed by atoms with Crippen LogP contribution in [-0.2, 0) is 4.79 Å². The molecule has 0 aromatic heterocycles. The second-order valence-corrected chi connectivity index (χ2v) is 9.32. The van der Waals surface area contributed by atoms with Gasteiger partial charge in [-0.05, 0) is 67.4 Å². The second-order valence-electron chi connectivity index (χ2n) is 7.87. The summed E-state index contributed by atoms with van der Waals surface area (Å²) in [4.78, 5) is 16.8. The van der Waals surface area contributed by atoms with Crippen LogP contribution in [0.15, 0.2) is 52.1 Å². The Balaban J connectivity index is 1.51. The zero-order chi connectivity index (χ0) is 26.4. The van der Waals surface area contributed by atoms with Gasteiger partial charge in [0.2, 0.25) is 5.17 Å². The molecular formula is C26H27ClN4O5S. The number of thioether (sulfide) groups is 1. The van der Waals surface area contributed by atoms with Crippen molar-refractivity contribution in [3.05, 3.63) is 52.6 Å². The Hall–Kier alpha value is -3.50. The first-order valence-electron chi connectivity index (χ1n) is 11.8. The van der Waals surface area contributed by atoms with Gasteiger partial charge in [0.15, 0.2) is 28.8 Å². The van der Waals surface area contributed by atoms with Gasteiger partial charge in [-0.1, -0.05) is 30.7 Å². The van der Waals surface area contributed by atoms with Crippen LogP contribution in [0.2, 0.25) is 5.02 Å². The number of methoxy groups -OCH3 is 1. The lowest BCUT2D eigenvalue weighted by Crippen LogP contribution is -2.35. The molecule has 4 rings (SSSR count). The number of hydrazone groups is 1. The number of nitrogens with zero attached hydrogens (tertiary/aromatic N) is 3. The molecule has 0 bridgehead atoms. The molecule has 194 valence electrons. The Morgan fingerprint density at radius 3 is 2.57 bits per heavy atom. The van der Waals surface area contributed by atoms with Crippen LogP contribution in [0.25, 0.3) is 6.08 Å². The van der Waals surface area contributed by atoms with Crippen LogP contribution in [0.4, 0.5) is 0 Å². The van der Waals surface area contributed by atoms with E-state index in [0.717, 1.165) is 17.9 Å². The van der Waals surface area contributed by atoms with Gasteiger partial charge in [-0.3, -0.25) is 10.2 Å². The highest BCUT2D eigenvalue weighted by atomic mass is 35.5. The van der Waals surface area contributed by atoms with Gasteiger partial charge in [-0.25, -0.2) is 0 Å². The van der Waals surface area contributed by atoms with Gasteiger partial charge in [0.25, 0.3) is 5.91 Å². The van der Waals surface area contributed by atoms with Crippen molar-refractivity contribution < 1.29 is 23.7 Å². The second kappa shape index (κ2) is 12.2. The maximum atomic E-state index is 12.7. The molecule has 0 saturated carbocycles. The molecule has 9 nitrogen and oxygen atoms in total. The van der Waals surface area contributed by atoms with Gasteiger partial charge in [0.05, 0.1) is 24.3 Å². The largest absolute Gasteiger partial charge is 0.493 e. The van der Waals surface area contributed by atoms with Crippen molar-refractivity contribution in [3.8, 4) is 23.0 Å². The number of amidine groups is 2. The maximum absolute atomic E-state index is 12.7. The summed E-state index contributed by atoms with van der Waals surface area (Å²) >= 11 is 7.87. The predicted octanol–water partition coefficient (Wildman–Crippen LogP) is 5.62. The number of carbonyl (C=O) groups is 1. The van der Waals surface area contributed by atoms with E-state index in [1.807, 2.05) is 38.1 Å². The number of fused-ring (bicyclic) bond motifs is 1. The van der Waals surface area contributed by atoms with E-state index in [-0.39, 0.29) is 24.6 Å². The first-order valence-corrected chi connectivity index (χ1v) is 13.0. The number of hydrogen-bond acceptors (Lipinski definition) is 8. The Morgan fingerprint density at radius 2 is 1.84 bits per heavy atom. The van der Waals surface area contributed by atoms with E-state index in [9.17, 15) is 4.79 Å². The fraction of sp³-hybridized carbons (Fsp3) is 0.308. The van der Waals surface area contributed by atoms with Gasteiger partial charge >= 0.3 is 0 Å². The molecule has 0 spiro atoms. The zero-order valence-corrected chi connectivity index (χ0v) is 22.3. The number of carbonyl (C=O) groups excluding carboxylic acids is 1. The highest BCUT2D eigenvalue weighted by molar-refractivity contribution is 8.26. The summed E-state index contributed by atoms with van der Waals surface area (Å²) in [5.41, 5.74) is 0.686. The molecule has 0 atom stereocenters. The van der Waals surface area contributed by atoms with Crippen LogP contribution in [0.5, 0.6) is 23.0 Å². The number of amides is 1. The smallest absolute Gasteiger partial charge is 0.283 e. The number of hydrogen-bond donors (Lipinski definition) is 1. The molecule has 1 N–H and O–H groups in total. The van der Waals surface area contributed by atoms with Crippen LogP contribution in [0.1, 0.15) is 32.3 Å². The van der Waals surface area contributed by atoms with E-state index >= 15 is 0 Å². The Labute approximate surface area is 224 Å². The molecule has 1 amide bonds. The lowest BCUT2D eigenvalue weighted by molar-refractivity contribution is -0.114. The molecule has 2 aromatic carbocycles. The van der Waals surface area contributed by atoms with E-state index in [1.165, 1.54) is 16.8 Å². The lowest BCUT2D eigenvalue weighted by atomic mass is 10.1. The van der Waals surface area contributed by atoms with Crippen LogP contribution < -0.4 is 18.9 Å². The maximum Gasteiger partial charge on any atom is 0.283 e. The molecule has 0 saturated heterocycles. The number of aliphatic imine (C=N–C) groups is 1. The highest BCUT2D eigenvalue weighted by Gasteiger charge is 2.35. The minimum atomic E-state index is -0.500. The summed E-state index contributed by atoms with van der Waals surface area (Å²) in [5.74, 6) is 1.49. The standard InChI is InChI=1S/C26H27ClN4O5S/c1-4-8-22-30-31-24(28)17(25(32)29-26(31)37-22)13-16-14-18(27)23(21(15-16)34-5-2)36-12-11-35-20-10-7-6-9-19(20)33-3/h6-7,9-10,13-15,28H,4-5,8,11-12H2,1-3H3. The van der Waals surface area contributed by atoms with Crippen LogP contribution in [0.3, 0.4) is 0 Å². The van der Waals surface area contributed by atoms with Crippen molar-refractivity contribution in [2.24, 2.45) is 10.1 Å². The topological polar surface area (TPSA) is 106 Å². The summed E-state index contributed by atoms with van der Waals surface area (Å²) in [6.45, 7) is 4.75. The molecule has 11 heteroatoms. The number of halogens is 1. The summed E-state index contributed by atoms with van der Waals surface area (Å²) in [7, 11) is 1.58. The third-order valence-corrected chi connectivity index (χ3v) is 6.51. The average molecular weight is 543 g/mol. The van der Waals surface area contributed by atoms with Crippen molar-refractivity contribution >= 4 is 51.4 Å². The van der Waals surface area contributed by atoms with Crippen LogP contribution >= 0.6 is 23.4 Å². The number of ether oxygens (including phenoxy) is 4. The molecule has 0 radical (unpaired) electrons. The van der Waals surface area contributed by atoms with Crippen LogP contribution in [-0.4, -0.2) is 53.9 Å². The van der Waals surface area contributed by atoms with Gasteiger partial charge in [0.1, 0.15) is 18.3 Å². The predicted molar refractivity (Wildman–Crippen MR) is 147 cm³/mol. The van der Waals surface area contributed by atoms with E-state index in [1.54, 1.807) is 25.3 Å². The summed E-state index contributed by atoms with van der Waals surface area (Å²) in [6, 6.07) is 10.7. The number of rotatable bonds is 11. The zero-order valence-electron chi connectivity index (χ0n) is 20.7. The van der Waals surface area contributed by atoms with Crippen molar-refractivity contribution in [1.82, 2.24) is 5.01 Å². The molecule has 2 aromatic rings. The summed E-state index contributed by atoms with van der Waals surface area (Å²) in [6.07, 6.45) is 3.24. The third-order valence-electron chi connectivity index (χ3n) is 5.26. The molecule has 0 unspecified atom stereocenters. The highest BCUT2D eigenvalue weighted by Crippen LogP contribution is 2.38. The molecule has 2 heterocycles. The van der Waals surface area contributed by atoms with Crippen molar-refractivity contribution in [3.63, 3.8) is 0 Å². The van der Waals surface area contributed by atoms with E-state index < -0.39 is 5.91 Å². The Kier molecular flexibility index (Phi) is 8.73. The van der Waals surface area contributed by atoms with Gasteiger partial charge in [-0.15, -0.1) is 0 Å². The first-order chi connectivity index (χ1) is 17.9. The lowest BCUT2D eigenvalue weighted by Gasteiger charge is -2.20. The molecule has 0 aliphatic carbocycles. The number of para-hydroxylation sites is 2. The van der Waals surface area contributed by atoms with Gasteiger partial charge in [-0.2, -0.15) is 15.1 Å². The van der Waals surface area contributed by atoms with E-state index in [4.69, 9.17) is 36.0 Å². The number of nitrogens with one attached hydrogen (secondary N) is 1. The molecule has 0 fully saturated rings. The normalized spacial score (nSPS) is 15.9. The minimum Gasteiger partial charge on any atom is -0.493 e. The molecule has 2 aliphatic rings. The first kappa shape index (κ1) is 26.6. The van der Waals surface area contributed by atoms with E-state index in [2.05, 4.69) is 10.1 Å². The summed E-state index contributed by atoms with van der Waals surface area (Å²) < 4.78 is 22.7. The SMILES string of the molecule is CCCC1=NN2C(=N)C(=Cc3cc(Cl)c(OCCOc4ccccc4OC)c(OCC)c3)C(=O)N=C2S1. The van der Waals surface area contributed by atoms with E-state index in [0.29, 0.717) is 45.4 Å².